The van der Waals surface area contributed by atoms with Gasteiger partial charge in [0.2, 0.25) is 0 Å². The van der Waals surface area contributed by atoms with Gasteiger partial charge in [-0.1, -0.05) is 48.5 Å². The summed E-state index contributed by atoms with van der Waals surface area (Å²) in [6, 6.07) is 22.1. The van der Waals surface area contributed by atoms with Gasteiger partial charge >= 0.3 is 0 Å². The number of anilines is 2. The Hall–Kier alpha value is -2.08. The maximum atomic E-state index is 8.00. The van der Waals surface area contributed by atoms with Gasteiger partial charge in [-0.05, 0) is 46.2 Å². The molecular weight excluding hydrogens is 373 g/mol. The van der Waals surface area contributed by atoms with Gasteiger partial charge in [-0.15, -0.1) is 0 Å². The van der Waals surface area contributed by atoms with Crippen LogP contribution in [0.5, 0.6) is 0 Å². The Kier molecular flexibility index (Phi) is 3.79. The number of nitrogens with zero attached hydrogens (tertiary/aromatic N) is 1. The van der Waals surface area contributed by atoms with Gasteiger partial charge in [0, 0.05) is 8.96 Å². The van der Waals surface area contributed by atoms with Crippen LogP contribution in [0.2, 0.25) is 0 Å². The van der Waals surface area contributed by atoms with Crippen molar-refractivity contribution in [1.29, 1.82) is 5.41 Å². The molecule has 0 amide bonds. The van der Waals surface area contributed by atoms with E-state index in [4.69, 9.17) is 11.1 Å². The number of rotatable bonds is 2. The standard InChI is InChI=1S/C17H14IN3/c18-14-9-3-4-10-16(14)21(17(19)20)15-11-5-7-12-6-1-2-8-13(12)15/h1-11H,(H3,19,20). The normalized spacial score (nSPS) is 10.5. The van der Waals surface area contributed by atoms with E-state index in [2.05, 4.69) is 40.8 Å². The molecule has 0 heterocycles. The highest BCUT2D eigenvalue weighted by Gasteiger charge is 2.17. The molecule has 0 aliphatic rings. The van der Waals surface area contributed by atoms with Crippen molar-refractivity contribution in [2.75, 3.05) is 4.90 Å². The predicted molar refractivity (Wildman–Crippen MR) is 97.2 cm³/mol. The van der Waals surface area contributed by atoms with Crippen LogP contribution in [0, 0.1) is 8.98 Å². The Morgan fingerprint density at radius 2 is 1.48 bits per heavy atom. The van der Waals surface area contributed by atoms with Crippen LogP contribution in [-0.2, 0) is 0 Å². The molecule has 0 unspecified atom stereocenters. The zero-order valence-corrected chi connectivity index (χ0v) is 13.4. The molecule has 3 N–H and O–H groups in total. The van der Waals surface area contributed by atoms with Gasteiger partial charge in [0.25, 0.3) is 0 Å². The summed E-state index contributed by atoms with van der Waals surface area (Å²) in [4.78, 5) is 1.78. The summed E-state index contributed by atoms with van der Waals surface area (Å²) in [6.45, 7) is 0. The van der Waals surface area contributed by atoms with Gasteiger partial charge in [0.1, 0.15) is 0 Å². The number of guanidine groups is 1. The fraction of sp³-hybridized carbons (Fsp3) is 0. The number of hydrogen-bond donors (Lipinski definition) is 2. The summed E-state index contributed by atoms with van der Waals surface area (Å²) in [5.74, 6) is 0.00969. The second kappa shape index (κ2) is 5.73. The third-order valence-electron chi connectivity index (χ3n) is 3.34. The maximum Gasteiger partial charge on any atom is 0.197 e. The number of fused-ring (bicyclic) bond motifs is 1. The lowest BCUT2D eigenvalue weighted by Crippen LogP contribution is -2.32. The minimum Gasteiger partial charge on any atom is -0.369 e. The van der Waals surface area contributed by atoms with Gasteiger partial charge in [0.05, 0.1) is 11.4 Å². The molecule has 0 saturated heterocycles. The van der Waals surface area contributed by atoms with Crippen LogP contribution in [0.4, 0.5) is 11.4 Å². The molecule has 3 aromatic carbocycles. The zero-order valence-electron chi connectivity index (χ0n) is 11.3. The van der Waals surface area contributed by atoms with Crippen LogP contribution < -0.4 is 10.6 Å². The second-order valence-corrected chi connectivity index (χ2v) is 5.83. The molecule has 0 bridgehead atoms. The van der Waals surface area contributed by atoms with Gasteiger partial charge < -0.3 is 5.73 Å². The lowest BCUT2D eigenvalue weighted by Gasteiger charge is -2.25. The number of benzene rings is 3. The monoisotopic (exact) mass is 387 g/mol. The third-order valence-corrected chi connectivity index (χ3v) is 4.25. The van der Waals surface area contributed by atoms with Crippen molar-refractivity contribution in [3.8, 4) is 0 Å². The molecule has 0 aromatic heterocycles. The molecule has 4 heteroatoms. The van der Waals surface area contributed by atoms with Crippen molar-refractivity contribution >= 4 is 50.7 Å². The summed E-state index contributed by atoms with van der Waals surface area (Å²) in [5, 5.41) is 10.2. The summed E-state index contributed by atoms with van der Waals surface area (Å²) in [5.41, 5.74) is 7.71. The summed E-state index contributed by atoms with van der Waals surface area (Å²) >= 11 is 2.27. The van der Waals surface area contributed by atoms with E-state index in [9.17, 15) is 0 Å². The largest absolute Gasteiger partial charge is 0.369 e. The first kappa shape index (κ1) is 13.9. The maximum absolute atomic E-state index is 8.00. The Morgan fingerprint density at radius 3 is 2.24 bits per heavy atom. The van der Waals surface area contributed by atoms with E-state index in [0.29, 0.717) is 0 Å². The lowest BCUT2D eigenvalue weighted by atomic mass is 10.1. The fourth-order valence-corrected chi connectivity index (χ4v) is 3.05. The molecule has 0 aliphatic heterocycles. The van der Waals surface area contributed by atoms with Crippen molar-refractivity contribution in [3.05, 3.63) is 70.3 Å². The van der Waals surface area contributed by atoms with Crippen molar-refractivity contribution < 1.29 is 0 Å². The quantitative estimate of drug-likeness (QED) is 0.387. The van der Waals surface area contributed by atoms with Crippen LogP contribution >= 0.6 is 22.6 Å². The van der Waals surface area contributed by atoms with Crippen molar-refractivity contribution in [3.63, 3.8) is 0 Å². The molecule has 0 atom stereocenters. The summed E-state index contributed by atoms with van der Waals surface area (Å²) in [6.07, 6.45) is 0. The van der Waals surface area contributed by atoms with Crippen molar-refractivity contribution in [1.82, 2.24) is 0 Å². The molecule has 3 aromatic rings. The number of nitrogens with one attached hydrogen (secondary N) is 1. The Balaban J connectivity index is 2.26. The van der Waals surface area contributed by atoms with Crippen LogP contribution in [0.15, 0.2) is 66.7 Å². The summed E-state index contributed by atoms with van der Waals surface area (Å²) < 4.78 is 1.05. The number of hydrogen-bond acceptors (Lipinski definition) is 1. The average Bonchev–Trinajstić information content (AvgIpc) is 2.49. The molecular formula is C17H14IN3. The minimum atomic E-state index is 0.00969. The average molecular weight is 387 g/mol. The molecule has 0 saturated carbocycles. The minimum absolute atomic E-state index is 0.00969. The van der Waals surface area contributed by atoms with Crippen LogP contribution in [0.1, 0.15) is 0 Å². The number of halogens is 1. The SMILES string of the molecule is N=C(N)N(c1ccccc1I)c1cccc2ccccc12. The van der Waals surface area contributed by atoms with E-state index in [0.717, 1.165) is 25.7 Å². The highest BCUT2D eigenvalue weighted by atomic mass is 127. The van der Waals surface area contributed by atoms with Crippen LogP contribution in [0.25, 0.3) is 10.8 Å². The molecule has 3 rings (SSSR count). The predicted octanol–water partition coefficient (Wildman–Crippen LogP) is 4.48. The topological polar surface area (TPSA) is 53.1 Å². The van der Waals surface area contributed by atoms with E-state index in [-0.39, 0.29) is 5.96 Å². The fourth-order valence-electron chi connectivity index (χ4n) is 2.43. The van der Waals surface area contributed by atoms with Crippen LogP contribution in [-0.4, -0.2) is 5.96 Å². The van der Waals surface area contributed by atoms with Crippen molar-refractivity contribution in [2.24, 2.45) is 5.73 Å². The highest BCUT2D eigenvalue weighted by Crippen LogP contribution is 2.34. The Morgan fingerprint density at radius 1 is 0.857 bits per heavy atom. The van der Waals surface area contributed by atoms with Crippen LogP contribution in [0.3, 0.4) is 0 Å². The zero-order chi connectivity index (χ0) is 14.8. The molecule has 0 fully saturated rings. The van der Waals surface area contributed by atoms with Gasteiger partial charge in [-0.3, -0.25) is 10.3 Å². The first-order valence-electron chi connectivity index (χ1n) is 6.55. The summed E-state index contributed by atoms with van der Waals surface area (Å²) in [7, 11) is 0. The molecule has 3 nitrogen and oxygen atoms in total. The van der Waals surface area contributed by atoms with E-state index in [1.807, 2.05) is 48.5 Å². The van der Waals surface area contributed by atoms with Gasteiger partial charge in [0.15, 0.2) is 5.96 Å². The highest BCUT2D eigenvalue weighted by molar-refractivity contribution is 14.1. The molecule has 21 heavy (non-hydrogen) atoms. The smallest absolute Gasteiger partial charge is 0.197 e. The lowest BCUT2D eigenvalue weighted by molar-refractivity contribution is 1.26. The van der Waals surface area contributed by atoms with E-state index in [1.165, 1.54) is 0 Å². The van der Waals surface area contributed by atoms with Gasteiger partial charge in [-0.25, -0.2) is 0 Å². The Labute approximate surface area is 137 Å². The molecule has 0 spiro atoms. The number of nitrogens with two attached hydrogens (primary N) is 1. The second-order valence-electron chi connectivity index (χ2n) is 4.67. The first-order valence-corrected chi connectivity index (χ1v) is 7.63. The van der Waals surface area contributed by atoms with E-state index < -0.39 is 0 Å². The van der Waals surface area contributed by atoms with Gasteiger partial charge in [-0.2, -0.15) is 0 Å². The molecule has 104 valence electrons. The van der Waals surface area contributed by atoms with E-state index >= 15 is 0 Å². The van der Waals surface area contributed by atoms with E-state index in [1.54, 1.807) is 4.90 Å². The van der Waals surface area contributed by atoms with Crippen molar-refractivity contribution in [2.45, 2.75) is 0 Å². The Bertz CT molecular complexity index is 808. The number of para-hydroxylation sites is 1. The third kappa shape index (κ3) is 2.58. The molecule has 0 radical (unpaired) electrons. The molecule has 0 aliphatic carbocycles. The first-order chi connectivity index (χ1) is 10.2.